The maximum absolute atomic E-state index is 12.1. The normalized spacial score (nSPS) is 12.0. The van der Waals surface area contributed by atoms with Gasteiger partial charge in [-0.2, -0.15) is 0 Å². The van der Waals surface area contributed by atoms with Crippen LogP contribution in [0.2, 0.25) is 0 Å². The second-order valence-corrected chi connectivity index (χ2v) is 6.80. The first-order chi connectivity index (χ1) is 11.5. The summed E-state index contributed by atoms with van der Waals surface area (Å²) in [6.45, 7) is 10.6. The third-order valence-electron chi connectivity index (χ3n) is 3.68. The van der Waals surface area contributed by atoms with Gasteiger partial charge in [0.05, 0.1) is 5.54 Å². The summed E-state index contributed by atoms with van der Waals surface area (Å²) >= 11 is 0. The Morgan fingerprint density at radius 1 is 1.32 bits per heavy atom. The molecule has 138 valence electrons. The summed E-state index contributed by atoms with van der Waals surface area (Å²) in [6.07, 6.45) is 0. The summed E-state index contributed by atoms with van der Waals surface area (Å²) in [5.41, 5.74) is 7.78. The van der Waals surface area contributed by atoms with Crippen molar-refractivity contribution in [3.8, 4) is 0 Å². The van der Waals surface area contributed by atoms with Crippen molar-refractivity contribution in [1.82, 2.24) is 5.32 Å². The lowest BCUT2D eigenvalue weighted by Gasteiger charge is -2.24. The van der Waals surface area contributed by atoms with E-state index in [1.165, 1.54) is 6.92 Å². The van der Waals surface area contributed by atoms with Gasteiger partial charge in [-0.25, -0.2) is 0 Å². The van der Waals surface area contributed by atoms with Crippen LogP contribution in [0.25, 0.3) is 0 Å². The molecule has 0 bridgehead atoms. The predicted molar refractivity (Wildman–Crippen MR) is 99.4 cm³/mol. The zero-order chi connectivity index (χ0) is 19.2. The number of nitrogens with zero attached hydrogens (tertiary/aromatic N) is 1. The number of amides is 2. The van der Waals surface area contributed by atoms with Gasteiger partial charge in [-0.05, 0) is 37.8 Å². The third kappa shape index (κ3) is 6.10. The van der Waals surface area contributed by atoms with E-state index in [4.69, 9.17) is 10.6 Å². The Labute approximate surface area is 149 Å². The van der Waals surface area contributed by atoms with Gasteiger partial charge in [0.1, 0.15) is 0 Å². The second kappa shape index (κ2) is 8.50. The minimum Gasteiger partial charge on any atom is -0.384 e. The summed E-state index contributed by atoms with van der Waals surface area (Å²) in [4.78, 5) is 28.3. The molecule has 2 amide bonds. The Morgan fingerprint density at radius 3 is 2.52 bits per heavy atom. The van der Waals surface area contributed by atoms with Crippen molar-refractivity contribution >= 4 is 23.3 Å². The smallest absolute Gasteiger partial charge is 0.265 e. The number of anilines is 1. The molecule has 25 heavy (non-hydrogen) atoms. The van der Waals surface area contributed by atoms with Crippen LogP contribution < -0.4 is 16.4 Å². The van der Waals surface area contributed by atoms with E-state index in [2.05, 4.69) is 29.6 Å². The van der Waals surface area contributed by atoms with E-state index in [0.29, 0.717) is 0 Å². The molecule has 0 aliphatic heterocycles. The lowest BCUT2D eigenvalue weighted by molar-refractivity contribution is -0.121. The van der Waals surface area contributed by atoms with Crippen LogP contribution in [0.4, 0.5) is 5.69 Å². The molecule has 0 aliphatic carbocycles. The Morgan fingerprint density at radius 2 is 1.96 bits per heavy atom. The number of hydrogen-bond acceptors (Lipinski definition) is 4. The number of para-hydroxylation sites is 1. The maximum Gasteiger partial charge on any atom is 0.265 e. The minimum absolute atomic E-state index is 0.0780. The fourth-order valence-corrected chi connectivity index (χ4v) is 2.30. The Hall–Kier alpha value is -2.57. The first-order valence-electron chi connectivity index (χ1n) is 8.18. The number of hydrogen-bond donors (Lipinski definition) is 3. The maximum atomic E-state index is 12.1. The van der Waals surface area contributed by atoms with Gasteiger partial charge in [-0.3, -0.25) is 9.59 Å². The van der Waals surface area contributed by atoms with Crippen LogP contribution in [-0.4, -0.2) is 29.8 Å². The van der Waals surface area contributed by atoms with Crippen LogP contribution in [0.15, 0.2) is 23.4 Å². The number of carbonyl (C=O) groups is 2. The summed E-state index contributed by atoms with van der Waals surface area (Å²) in [5.74, 6) is -0.204. The zero-order valence-corrected chi connectivity index (χ0v) is 15.8. The highest BCUT2D eigenvalue weighted by atomic mass is 16.6. The average molecular weight is 348 g/mol. The molecular weight excluding hydrogens is 320 g/mol. The lowest BCUT2D eigenvalue weighted by atomic mass is 9.98. The van der Waals surface area contributed by atoms with Crippen LogP contribution in [-0.2, 0) is 14.4 Å². The molecule has 0 aliphatic rings. The summed E-state index contributed by atoms with van der Waals surface area (Å²) in [5, 5.41) is 9.24. The molecule has 0 aromatic heterocycles. The highest BCUT2D eigenvalue weighted by molar-refractivity contribution is 5.94. The van der Waals surface area contributed by atoms with E-state index in [0.717, 1.165) is 16.8 Å². The number of rotatable bonds is 7. The zero-order valence-electron chi connectivity index (χ0n) is 15.8. The van der Waals surface area contributed by atoms with Gasteiger partial charge in [0.25, 0.3) is 5.91 Å². The fraction of sp³-hybridized carbons (Fsp3) is 0.500. The fourth-order valence-electron chi connectivity index (χ4n) is 2.30. The molecule has 0 unspecified atom stereocenters. The van der Waals surface area contributed by atoms with Crippen LogP contribution in [0, 0.1) is 6.92 Å². The highest BCUT2D eigenvalue weighted by Crippen LogP contribution is 2.27. The molecule has 0 saturated heterocycles. The first kappa shape index (κ1) is 20.5. The van der Waals surface area contributed by atoms with E-state index in [9.17, 15) is 9.59 Å². The van der Waals surface area contributed by atoms with E-state index in [-0.39, 0.29) is 30.2 Å². The number of aryl methyl sites for hydroxylation is 1. The Balaban J connectivity index is 2.71. The molecule has 0 atom stereocenters. The predicted octanol–water partition coefficient (Wildman–Crippen LogP) is 2.26. The molecule has 7 heteroatoms. The molecule has 1 rings (SSSR count). The van der Waals surface area contributed by atoms with Gasteiger partial charge in [-0.1, -0.05) is 37.2 Å². The molecule has 0 heterocycles. The topological polar surface area (TPSA) is 106 Å². The third-order valence-corrected chi connectivity index (χ3v) is 3.68. The van der Waals surface area contributed by atoms with E-state index >= 15 is 0 Å². The van der Waals surface area contributed by atoms with Crippen molar-refractivity contribution in [2.24, 2.45) is 10.9 Å². The number of carbonyl (C=O) groups excluding carboxylic acids is 2. The molecule has 0 spiro atoms. The average Bonchev–Trinajstić information content (AvgIpc) is 2.47. The second-order valence-electron chi connectivity index (χ2n) is 6.80. The van der Waals surface area contributed by atoms with Crippen molar-refractivity contribution in [2.45, 2.75) is 53.0 Å². The van der Waals surface area contributed by atoms with Gasteiger partial charge in [0.15, 0.2) is 12.4 Å². The summed E-state index contributed by atoms with van der Waals surface area (Å²) in [7, 11) is 0. The van der Waals surface area contributed by atoms with Crippen molar-refractivity contribution in [3.05, 3.63) is 29.3 Å². The molecule has 0 fully saturated rings. The van der Waals surface area contributed by atoms with Crippen molar-refractivity contribution in [2.75, 3.05) is 11.9 Å². The minimum atomic E-state index is -0.858. The first-order valence-corrected chi connectivity index (χ1v) is 8.18. The lowest BCUT2D eigenvalue weighted by Crippen LogP contribution is -2.52. The Bertz CT molecular complexity index is 666. The quantitative estimate of drug-likeness (QED) is 0.399. The van der Waals surface area contributed by atoms with E-state index < -0.39 is 5.54 Å². The molecule has 1 aromatic rings. The standard InChI is InChI=1S/C18H28N4O3/c1-11(2)14-9-7-8-12(3)16(14)20-15(24)10-25-22-17(19)18(5,6)21-13(4)23/h7-9,11H,10H2,1-6H3,(H2,19,22)(H,20,24)(H,21,23). The van der Waals surface area contributed by atoms with Gasteiger partial charge < -0.3 is 21.2 Å². The number of oxime groups is 1. The van der Waals surface area contributed by atoms with E-state index in [1.807, 2.05) is 25.1 Å². The van der Waals surface area contributed by atoms with E-state index in [1.54, 1.807) is 13.8 Å². The van der Waals surface area contributed by atoms with Crippen molar-refractivity contribution in [3.63, 3.8) is 0 Å². The highest BCUT2D eigenvalue weighted by Gasteiger charge is 2.24. The van der Waals surface area contributed by atoms with Crippen LogP contribution in [0.1, 0.15) is 51.7 Å². The number of nitrogens with two attached hydrogens (primary N) is 1. The van der Waals surface area contributed by atoms with Crippen LogP contribution in [0.5, 0.6) is 0 Å². The Kier molecular flexibility index (Phi) is 6.97. The molecule has 4 N–H and O–H groups in total. The molecular formula is C18H28N4O3. The molecule has 7 nitrogen and oxygen atoms in total. The van der Waals surface area contributed by atoms with Crippen LogP contribution >= 0.6 is 0 Å². The van der Waals surface area contributed by atoms with Gasteiger partial charge in [0, 0.05) is 12.6 Å². The van der Waals surface area contributed by atoms with Gasteiger partial charge >= 0.3 is 0 Å². The SMILES string of the molecule is CC(=O)NC(C)(C)C(N)=NOCC(=O)Nc1c(C)cccc1C(C)C. The van der Waals surface area contributed by atoms with Crippen molar-refractivity contribution in [1.29, 1.82) is 0 Å². The van der Waals surface area contributed by atoms with Gasteiger partial charge in [-0.15, -0.1) is 0 Å². The number of amidine groups is 1. The monoisotopic (exact) mass is 348 g/mol. The van der Waals surface area contributed by atoms with Crippen LogP contribution in [0.3, 0.4) is 0 Å². The number of benzene rings is 1. The molecule has 0 saturated carbocycles. The molecule has 0 radical (unpaired) electrons. The van der Waals surface area contributed by atoms with Crippen molar-refractivity contribution < 1.29 is 14.4 Å². The summed E-state index contributed by atoms with van der Waals surface area (Å²) < 4.78 is 0. The summed E-state index contributed by atoms with van der Waals surface area (Å²) in [6, 6.07) is 5.89. The number of nitrogens with one attached hydrogen (secondary N) is 2. The largest absolute Gasteiger partial charge is 0.384 e. The molecule has 1 aromatic carbocycles. The van der Waals surface area contributed by atoms with Gasteiger partial charge in [0.2, 0.25) is 5.91 Å².